The molecule has 2 aromatic rings. The first-order chi connectivity index (χ1) is 9.71. The van der Waals surface area contributed by atoms with Gasteiger partial charge in [-0.3, -0.25) is 0 Å². The Bertz CT molecular complexity index is 599. The van der Waals surface area contributed by atoms with Crippen LogP contribution in [-0.2, 0) is 0 Å². The predicted molar refractivity (Wildman–Crippen MR) is 85.0 cm³/mol. The van der Waals surface area contributed by atoms with Gasteiger partial charge in [0, 0.05) is 10.8 Å². The molecule has 4 nitrogen and oxygen atoms in total. The number of nitrogens with one attached hydrogen (secondary N) is 1. The van der Waals surface area contributed by atoms with Crippen molar-refractivity contribution in [3.05, 3.63) is 16.8 Å². The lowest BCUT2D eigenvalue weighted by Crippen LogP contribution is -2.16. The number of anilines is 1. The summed E-state index contributed by atoms with van der Waals surface area (Å²) < 4.78 is 0. The standard InChI is InChI=1S/C15H22N4S/c1-3-10-4-6-11(7-5-10)13-17-14(19-16)12-8-9(2)20-15(12)18-13/h8,10-11H,3-7,16H2,1-2H3,(H,17,18,19). The van der Waals surface area contributed by atoms with Crippen molar-refractivity contribution >= 4 is 27.4 Å². The molecule has 3 N–H and O–H groups in total. The second kappa shape index (κ2) is 5.66. The lowest BCUT2D eigenvalue weighted by Gasteiger charge is -2.26. The van der Waals surface area contributed by atoms with Gasteiger partial charge in [0.1, 0.15) is 10.7 Å². The SMILES string of the molecule is CCC1CCC(c2nc(NN)c3cc(C)sc3n2)CC1. The van der Waals surface area contributed by atoms with Gasteiger partial charge in [0.25, 0.3) is 0 Å². The fourth-order valence-corrected chi connectivity index (χ4v) is 4.07. The summed E-state index contributed by atoms with van der Waals surface area (Å²) >= 11 is 1.72. The third-order valence-electron chi connectivity index (χ3n) is 4.46. The monoisotopic (exact) mass is 290 g/mol. The predicted octanol–water partition coefficient (Wildman–Crippen LogP) is 3.97. The first-order valence-corrected chi connectivity index (χ1v) is 8.27. The summed E-state index contributed by atoms with van der Waals surface area (Å²) in [6.07, 6.45) is 6.32. The molecule has 108 valence electrons. The summed E-state index contributed by atoms with van der Waals surface area (Å²) in [7, 11) is 0. The maximum Gasteiger partial charge on any atom is 0.152 e. The number of hydrazine groups is 1. The molecule has 1 saturated carbocycles. The Morgan fingerprint density at radius 3 is 2.70 bits per heavy atom. The number of aryl methyl sites for hydroxylation is 1. The van der Waals surface area contributed by atoms with Gasteiger partial charge in [0.05, 0.1) is 5.39 Å². The highest BCUT2D eigenvalue weighted by atomic mass is 32.1. The Morgan fingerprint density at radius 2 is 2.05 bits per heavy atom. The Hall–Kier alpha value is -1.20. The van der Waals surface area contributed by atoms with Gasteiger partial charge in [-0.25, -0.2) is 15.8 Å². The zero-order valence-corrected chi connectivity index (χ0v) is 13.0. The number of nitrogens with two attached hydrogens (primary N) is 1. The molecule has 0 amide bonds. The molecule has 20 heavy (non-hydrogen) atoms. The fourth-order valence-electron chi connectivity index (χ4n) is 3.18. The molecular formula is C15H22N4S. The van der Waals surface area contributed by atoms with Crippen LogP contribution in [0.1, 0.15) is 55.6 Å². The van der Waals surface area contributed by atoms with Gasteiger partial charge in [-0.05, 0) is 44.6 Å². The molecule has 2 aromatic heterocycles. The molecule has 1 fully saturated rings. The summed E-state index contributed by atoms with van der Waals surface area (Å²) in [6.45, 7) is 4.39. The highest BCUT2D eigenvalue weighted by Gasteiger charge is 2.24. The topological polar surface area (TPSA) is 63.8 Å². The van der Waals surface area contributed by atoms with E-state index >= 15 is 0 Å². The van der Waals surface area contributed by atoms with E-state index < -0.39 is 0 Å². The van der Waals surface area contributed by atoms with Gasteiger partial charge in [0.2, 0.25) is 0 Å². The summed E-state index contributed by atoms with van der Waals surface area (Å²) in [5.74, 6) is 8.77. The molecule has 0 bridgehead atoms. The normalized spacial score (nSPS) is 23.1. The van der Waals surface area contributed by atoms with Gasteiger partial charge in [-0.15, -0.1) is 11.3 Å². The Labute approximate surface area is 123 Å². The Balaban J connectivity index is 1.92. The maximum absolute atomic E-state index is 5.63. The van der Waals surface area contributed by atoms with Crippen molar-refractivity contribution in [1.29, 1.82) is 0 Å². The summed E-state index contributed by atoms with van der Waals surface area (Å²) in [6, 6.07) is 2.10. The van der Waals surface area contributed by atoms with Crippen LogP contribution in [0.4, 0.5) is 5.82 Å². The zero-order valence-electron chi connectivity index (χ0n) is 12.1. The molecule has 3 rings (SSSR count). The largest absolute Gasteiger partial charge is 0.308 e. The quantitative estimate of drug-likeness (QED) is 0.663. The van der Waals surface area contributed by atoms with E-state index in [0.717, 1.165) is 27.8 Å². The van der Waals surface area contributed by atoms with Crippen LogP contribution in [-0.4, -0.2) is 9.97 Å². The minimum absolute atomic E-state index is 0.497. The highest BCUT2D eigenvalue weighted by molar-refractivity contribution is 7.18. The van der Waals surface area contributed by atoms with E-state index in [4.69, 9.17) is 10.8 Å². The van der Waals surface area contributed by atoms with Crippen molar-refractivity contribution < 1.29 is 0 Å². The van der Waals surface area contributed by atoms with E-state index in [1.165, 1.54) is 37.0 Å². The molecule has 1 aliphatic carbocycles. The summed E-state index contributed by atoms with van der Waals surface area (Å²) in [4.78, 5) is 11.8. The van der Waals surface area contributed by atoms with Crippen LogP contribution in [0.5, 0.6) is 0 Å². The van der Waals surface area contributed by atoms with Crippen LogP contribution in [0.25, 0.3) is 10.2 Å². The molecule has 0 aromatic carbocycles. The second-order valence-electron chi connectivity index (χ2n) is 5.78. The summed E-state index contributed by atoms with van der Waals surface area (Å²) in [5.41, 5.74) is 2.74. The van der Waals surface area contributed by atoms with E-state index in [0.29, 0.717) is 5.92 Å². The first-order valence-electron chi connectivity index (χ1n) is 7.46. The Kier molecular flexibility index (Phi) is 3.89. The molecule has 0 unspecified atom stereocenters. The van der Waals surface area contributed by atoms with E-state index in [-0.39, 0.29) is 0 Å². The van der Waals surface area contributed by atoms with Crippen LogP contribution >= 0.6 is 11.3 Å². The van der Waals surface area contributed by atoms with Crippen molar-refractivity contribution in [2.45, 2.75) is 51.9 Å². The molecule has 0 aliphatic heterocycles. The van der Waals surface area contributed by atoms with Gasteiger partial charge in [-0.2, -0.15) is 0 Å². The van der Waals surface area contributed by atoms with Gasteiger partial charge in [0.15, 0.2) is 5.82 Å². The number of nitrogen functional groups attached to an aromatic ring is 1. The minimum atomic E-state index is 0.497. The van der Waals surface area contributed by atoms with E-state index in [9.17, 15) is 0 Å². The van der Waals surface area contributed by atoms with E-state index in [1.54, 1.807) is 11.3 Å². The molecule has 5 heteroatoms. The van der Waals surface area contributed by atoms with Crippen molar-refractivity contribution in [2.24, 2.45) is 11.8 Å². The van der Waals surface area contributed by atoms with Crippen LogP contribution < -0.4 is 11.3 Å². The molecule has 0 spiro atoms. The molecule has 0 saturated heterocycles. The molecule has 2 heterocycles. The third-order valence-corrected chi connectivity index (χ3v) is 5.40. The number of aromatic nitrogens is 2. The molecule has 0 atom stereocenters. The smallest absolute Gasteiger partial charge is 0.152 e. The van der Waals surface area contributed by atoms with E-state index in [2.05, 4.69) is 30.3 Å². The van der Waals surface area contributed by atoms with Crippen molar-refractivity contribution in [3.8, 4) is 0 Å². The number of thiophene rings is 1. The van der Waals surface area contributed by atoms with Crippen molar-refractivity contribution in [2.75, 3.05) is 5.43 Å². The third kappa shape index (κ3) is 2.52. The number of rotatable bonds is 3. The lowest BCUT2D eigenvalue weighted by atomic mass is 9.80. The van der Waals surface area contributed by atoms with Crippen LogP contribution in [0.15, 0.2) is 6.07 Å². The highest BCUT2D eigenvalue weighted by Crippen LogP contribution is 2.37. The van der Waals surface area contributed by atoms with Gasteiger partial charge >= 0.3 is 0 Å². The Morgan fingerprint density at radius 1 is 1.30 bits per heavy atom. The second-order valence-corrected chi connectivity index (χ2v) is 7.01. The van der Waals surface area contributed by atoms with Gasteiger partial charge < -0.3 is 5.43 Å². The molecule has 1 aliphatic rings. The molecular weight excluding hydrogens is 268 g/mol. The zero-order chi connectivity index (χ0) is 14.1. The fraction of sp³-hybridized carbons (Fsp3) is 0.600. The van der Waals surface area contributed by atoms with Crippen molar-refractivity contribution in [3.63, 3.8) is 0 Å². The summed E-state index contributed by atoms with van der Waals surface area (Å²) in [5, 5.41) is 1.04. The number of hydrogen-bond acceptors (Lipinski definition) is 5. The number of hydrogen-bond donors (Lipinski definition) is 2. The van der Waals surface area contributed by atoms with Gasteiger partial charge in [-0.1, -0.05) is 13.3 Å². The first kappa shape index (κ1) is 13.8. The van der Waals surface area contributed by atoms with E-state index in [1.807, 2.05) is 0 Å². The van der Waals surface area contributed by atoms with Crippen molar-refractivity contribution in [1.82, 2.24) is 9.97 Å². The molecule has 0 radical (unpaired) electrons. The maximum atomic E-state index is 5.63. The van der Waals surface area contributed by atoms with Crippen LogP contribution in [0.3, 0.4) is 0 Å². The number of nitrogens with zero attached hydrogens (tertiary/aromatic N) is 2. The van der Waals surface area contributed by atoms with Crippen LogP contribution in [0.2, 0.25) is 0 Å². The average Bonchev–Trinajstić information content (AvgIpc) is 2.86. The van der Waals surface area contributed by atoms with Crippen LogP contribution in [0, 0.1) is 12.8 Å². The minimum Gasteiger partial charge on any atom is -0.308 e. The number of fused-ring (bicyclic) bond motifs is 1. The average molecular weight is 290 g/mol. The lowest BCUT2D eigenvalue weighted by molar-refractivity contribution is 0.312.